The Labute approximate surface area is 194 Å². The normalized spacial score (nSPS) is 11.0. The first-order chi connectivity index (χ1) is 14.8. The standard InChI is InChI=1S/C24H34BrN3O3/c1-5-6-13-27(23(29)17-28(19(2)3)24(30)18-31-4)16-22-8-7-14-26(22)15-20-9-11-21(25)12-10-20/h7-12,14,19H,5-6,13,15-18H2,1-4H3. The molecule has 2 rings (SSSR count). The van der Waals surface area contributed by atoms with Crippen LogP contribution in [-0.2, 0) is 27.4 Å². The molecule has 6 nitrogen and oxygen atoms in total. The number of carbonyl (C=O) groups excluding carboxylic acids is 2. The molecule has 0 N–H and O–H groups in total. The van der Waals surface area contributed by atoms with Gasteiger partial charge >= 0.3 is 0 Å². The van der Waals surface area contributed by atoms with E-state index in [2.05, 4.69) is 45.6 Å². The molecule has 0 spiro atoms. The fourth-order valence-corrected chi connectivity index (χ4v) is 3.65. The molecular formula is C24H34BrN3O3. The van der Waals surface area contributed by atoms with Gasteiger partial charge in [0, 0.05) is 42.6 Å². The lowest BCUT2D eigenvalue weighted by atomic mass is 10.2. The highest BCUT2D eigenvalue weighted by atomic mass is 79.9. The van der Waals surface area contributed by atoms with Crippen molar-refractivity contribution in [3.63, 3.8) is 0 Å². The number of methoxy groups -OCH3 is 1. The van der Waals surface area contributed by atoms with Gasteiger partial charge in [-0.3, -0.25) is 9.59 Å². The van der Waals surface area contributed by atoms with Crippen LogP contribution in [0.3, 0.4) is 0 Å². The number of hydrogen-bond acceptors (Lipinski definition) is 3. The zero-order valence-corrected chi connectivity index (χ0v) is 20.6. The molecule has 0 fully saturated rings. The van der Waals surface area contributed by atoms with Crippen LogP contribution in [0.5, 0.6) is 0 Å². The number of nitrogens with zero attached hydrogens (tertiary/aromatic N) is 3. The molecule has 0 bridgehead atoms. The lowest BCUT2D eigenvalue weighted by molar-refractivity contribution is -0.144. The number of carbonyl (C=O) groups is 2. The van der Waals surface area contributed by atoms with Crippen LogP contribution >= 0.6 is 15.9 Å². The molecule has 31 heavy (non-hydrogen) atoms. The minimum atomic E-state index is -0.167. The Hall–Kier alpha value is -2.12. The minimum Gasteiger partial charge on any atom is -0.375 e. The van der Waals surface area contributed by atoms with Gasteiger partial charge in [-0.25, -0.2) is 0 Å². The Kier molecular flexibility index (Phi) is 10.3. The predicted molar refractivity (Wildman–Crippen MR) is 127 cm³/mol. The van der Waals surface area contributed by atoms with E-state index in [9.17, 15) is 9.59 Å². The van der Waals surface area contributed by atoms with Crippen molar-refractivity contribution in [1.29, 1.82) is 0 Å². The van der Waals surface area contributed by atoms with Crippen LogP contribution in [0.4, 0.5) is 0 Å². The first-order valence-corrected chi connectivity index (χ1v) is 11.6. The van der Waals surface area contributed by atoms with E-state index < -0.39 is 0 Å². The number of unbranched alkanes of at least 4 members (excludes halogenated alkanes) is 1. The van der Waals surface area contributed by atoms with Gasteiger partial charge in [0.1, 0.15) is 13.2 Å². The topological polar surface area (TPSA) is 54.8 Å². The Balaban J connectivity index is 2.14. The minimum absolute atomic E-state index is 0.0174. The number of aromatic nitrogens is 1. The number of amides is 2. The average Bonchev–Trinajstić information content (AvgIpc) is 3.17. The molecule has 1 aromatic heterocycles. The predicted octanol–water partition coefficient (Wildman–Crippen LogP) is 4.31. The monoisotopic (exact) mass is 491 g/mol. The molecule has 0 radical (unpaired) electrons. The van der Waals surface area contributed by atoms with Gasteiger partial charge in [0.25, 0.3) is 0 Å². The molecular weight excluding hydrogens is 458 g/mol. The highest BCUT2D eigenvalue weighted by Crippen LogP contribution is 2.15. The Morgan fingerprint density at radius 2 is 1.84 bits per heavy atom. The van der Waals surface area contributed by atoms with Crippen molar-refractivity contribution in [1.82, 2.24) is 14.4 Å². The van der Waals surface area contributed by atoms with Gasteiger partial charge in [0.2, 0.25) is 11.8 Å². The van der Waals surface area contributed by atoms with Gasteiger partial charge in [-0.05, 0) is 50.1 Å². The molecule has 170 valence electrons. The summed E-state index contributed by atoms with van der Waals surface area (Å²) >= 11 is 3.47. The maximum atomic E-state index is 13.2. The Morgan fingerprint density at radius 3 is 2.45 bits per heavy atom. The van der Waals surface area contributed by atoms with Crippen LogP contribution in [0.2, 0.25) is 0 Å². The Bertz CT molecular complexity index is 833. The zero-order chi connectivity index (χ0) is 22.8. The smallest absolute Gasteiger partial charge is 0.249 e. The molecule has 1 aromatic carbocycles. The van der Waals surface area contributed by atoms with Gasteiger partial charge in [-0.1, -0.05) is 41.4 Å². The van der Waals surface area contributed by atoms with E-state index in [0.29, 0.717) is 13.1 Å². The molecule has 0 saturated heterocycles. The van der Waals surface area contributed by atoms with Crippen molar-refractivity contribution < 1.29 is 14.3 Å². The van der Waals surface area contributed by atoms with Gasteiger partial charge < -0.3 is 19.1 Å². The molecule has 0 aliphatic carbocycles. The second kappa shape index (κ2) is 12.7. The van der Waals surface area contributed by atoms with Gasteiger partial charge in [0.05, 0.1) is 6.54 Å². The van der Waals surface area contributed by atoms with Crippen LogP contribution in [-0.4, -0.2) is 59.0 Å². The third-order valence-electron chi connectivity index (χ3n) is 5.19. The molecule has 0 unspecified atom stereocenters. The summed E-state index contributed by atoms with van der Waals surface area (Å²) in [6, 6.07) is 12.3. The summed E-state index contributed by atoms with van der Waals surface area (Å²) in [7, 11) is 1.49. The number of hydrogen-bond donors (Lipinski definition) is 0. The van der Waals surface area contributed by atoms with Gasteiger partial charge in [-0.2, -0.15) is 0 Å². The third kappa shape index (κ3) is 7.82. The quantitative estimate of drug-likeness (QED) is 0.444. The fourth-order valence-electron chi connectivity index (χ4n) is 3.38. The molecule has 0 atom stereocenters. The largest absolute Gasteiger partial charge is 0.375 e. The highest BCUT2D eigenvalue weighted by molar-refractivity contribution is 9.10. The van der Waals surface area contributed by atoms with E-state index in [-0.39, 0.29) is 31.0 Å². The summed E-state index contributed by atoms with van der Waals surface area (Å²) in [5.41, 5.74) is 2.27. The molecule has 7 heteroatoms. The first-order valence-electron chi connectivity index (χ1n) is 10.8. The van der Waals surface area contributed by atoms with Crippen LogP contribution in [0.1, 0.15) is 44.9 Å². The summed E-state index contributed by atoms with van der Waals surface area (Å²) in [5.74, 6) is -0.206. The molecule has 0 saturated carbocycles. The summed E-state index contributed by atoms with van der Waals surface area (Å²) in [6.45, 7) is 7.93. The van der Waals surface area contributed by atoms with E-state index in [1.165, 1.54) is 12.7 Å². The molecule has 2 amide bonds. The molecule has 1 heterocycles. The van der Waals surface area contributed by atoms with Crippen molar-refractivity contribution in [2.75, 3.05) is 26.8 Å². The number of benzene rings is 1. The second-order valence-corrected chi connectivity index (χ2v) is 8.89. The van der Waals surface area contributed by atoms with Crippen LogP contribution in [0, 0.1) is 0 Å². The average molecular weight is 492 g/mol. The van der Waals surface area contributed by atoms with Crippen molar-refractivity contribution in [2.45, 2.75) is 52.7 Å². The number of halogens is 1. The lowest BCUT2D eigenvalue weighted by Crippen LogP contribution is -2.47. The molecule has 0 aliphatic heterocycles. The van der Waals surface area contributed by atoms with Crippen LogP contribution < -0.4 is 0 Å². The van der Waals surface area contributed by atoms with E-state index in [4.69, 9.17) is 4.74 Å². The highest BCUT2D eigenvalue weighted by Gasteiger charge is 2.23. The molecule has 0 aliphatic rings. The van der Waals surface area contributed by atoms with Crippen LogP contribution in [0.25, 0.3) is 0 Å². The van der Waals surface area contributed by atoms with Crippen LogP contribution in [0.15, 0.2) is 47.1 Å². The maximum Gasteiger partial charge on any atom is 0.249 e. The van der Waals surface area contributed by atoms with E-state index in [1.807, 2.05) is 43.1 Å². The van der Waals surface area contributed by atoms with Crippen molar-refractivity contribution in [3.8, 4) is 0 Å². The van der Waals surface area contributed by atoms with E-state index in [0.717, 1.165) is 29.6 Å². The zero-order valence-electron chi connectivity index (χ0n) is 19.0. The summed E-state index contributed by atoms with van der Waals surface area (Å²) < 4.78 is 8.21. The van der Waals surface area contributed by atoms with E-state index >= 15 is 0 Å². The summed E-state index contributed by atoms with van der Waals surface area (Å²) in [4.78, 5) is 29.0. The number of rotatable bonds is 12. The number of ether oxygens (including phenoxy) is 1. The van der Waals surface area contributed by atoms with Crippen molar-refractivity contribution in [2.24, 2.45) is 0 Å². The third-order valence-corrected chi connectivity index (χ3v) is 5.72. The lowest BCUT2D eigenvalue weighted by Gasteiger charge is -2.30. The first kappa shape index (κ1) is 25.1. The summed E-state index contributed by atoms with van der Waals surface area (Å²) in [6.07, 6.45) is 3.97. The van der Waals surface area contributed by atoms with Gasteiger partial charge in [0.15, 0.2) is 0 Å². The summed E-state index contributed by atoms with van der Waals surface area (Å²) in [5, 5.41) is 0. The maximum absolute atomic E-state index is 13.2. The Morgan fingerprint density at radius 1 is 1.13 bits per heavy atom. The molecule has 2 aromatic rings. The van der Waals surface area contributed by atoms with Gasteiger partial charge in [-0.15, -0.1) is 0 Å². The van der Waals surface area contributed by atoms with Crippen molar-refractivity contribution >= 4 is 27.7 Å². The van der Waals surface area contributed by atoms with Crippen molar-refractivity contribution in [3.05, 3.63) is 58.3 Å². The SMILES string of the molecule is CCCCN(Cc1cccn1Cc1ccc(Br)cc1)C(=O)CN(C(=O)COC)C(C)C. The second-order valence-electron chi connectivity index (χ2n) is 7.97. The van der Waals surface area contributed by atoms with E-state index in [1.54, 1.807) is 4.90 Å². The fraction of sp³-hybridized carbons (Fsp3) is 0.500.